The van der Waals surface area contributed by atoms with Gasteiger partial charge in [-0.15, -0.1) is 0 Å². The van der Waals surface area contributed by atoms with Crippen molar-refractivity contribution in [3.05, 3.63) is 41.2 Å². The molecule has 1 unspecified atom stereocenters. The van der Waals surface area contributed by atoms with Crippen LogP contribution in [0.4, 0.5) is 0 Å². The summed E-state index contributed by atoms with van der Waals surface area (Å²) in [6.07, 6.45) is 3.63. The number of hydrogen-bond acceptors (Lipinski definition) is 5. The summed E-state index contributed by atoms with van der Waals surface area (Å²) in [5.41, 5.74) is -0.465. The van der Waals surface area contributed by atoms with Gasteiger partial charge in [0, 0.05) is 17.5 Å². The van der Waals surface area contributed by atoms with Crippen molar-refractivity contribution in [3.63, 3.8) is 0 Å². The number of nitrogens with zero attached hydrogens (tertiary/aromatic N) is 3. The van der Waals surface area contributed by atoms with Crippen molar-refractivity contribution in [1.82, 2.24) is 14.8 Å². The third-order valence-corrected chi connectivity index (χ3v) is 5.04. The summed E-state index contributed by atoms with van der Waals surface area (Å²) in [4.78, 5) is 4.07. The van der Waals surface area contributed by atoms with Crippen molar-refractivity contribution in [2.75, 3.05) is 0 Å². The molecule has 0 aliphatic heterocycles. The Labute approximate surface area is 151 Å². The maximum absolute atomic E-state index is 11.6. The highest BCUT2D eigenvalue weighted by atomic mass is 35.5. The van der Waals surface area contributed by atoms with Gasteiger partial charge in [-0.2, -0.15) is 10.1 Å². The van der Waals surface area contributed by atoms with Gasteiger partial charge < -0.3 is 9.84 Å². The van der Waals surface area contributed by atoms with Gasteiger partial charge in [-0.3, -0.25) is 0 Å². The van der Waals surface area contributed by atoms with E-state index in [9.17, 15) is 5.11 Å². The van der Waals surface area contributed by atoms with Crippen molar-refractivity contribution in [2.24, 2.45) is 11.8 Å². The number of aliphatic hydroxyl groups is 1. The first-order valence-electron chi connectivity index (χ1n) is 7.95. The van der Waals surface area contributed by atoms with Gasteiger partial charge in [0.25, 0.3) is 0 Å². The molecule has 1 aromatic carbocycles. The van der Waals surface area contributed by atoms with Crippen LogP contribution in [0.3, 0.4) is 0 Å². The van der Waals surface area contributed by atoms with Gasteiger partial charge in [-0.1, -0.05) is 36.7 Å². The molecule has 0 radical (unpaired) electrons. The van der Waals surface area contributed by atoms with E-state index < -0.39 is 5.60 Å². The summed E-state index contributed by atoms with van der Waals surface area (Å²) in [5.74, 6) is 0.509. The van der Waals surface area contributed by atoms with Gasteiger partial charge in [-0.25, -0.2) is 4.68 Å². The molecule has 1 N–H and O–H groups in total. The Morgan fingerprint density at radius 3 is 2.83 bits per heavy atom. The van der Waals surface area contributed by atoms with Gasteiger partial charge in [0.1, 0.15) is 11.9 Å². The molecule has 0 spiro atoms. The van der Waals surface area contributed by atoms with E-state index >= 15 is 0 Å². The van der Waals surface area contributed by atoms with Crippen LogP contribution in [0.2, 0.25) is 5.02 Å². The first kappa shape index (κ1) is 17.3. The minimum absolute atomic E-state index is 0.0306. The zero-order valence-corrected chi connectivity index (χ0v) is 15.2. The molecule has 1 fully saturated rings. The molecule has 128 valence electrons. The summed E-state index contributed by atoms with van der Waals surface area (Å²) in [5, 5.41) is 16.7. The first-order chi connectivity index (χ1) is 11.4. The lowest BCUT2D eigenvalue weighted by molar-refractivity contribution is -0.0452. The Balaban J connectivity index is 1.98. The maximum Gasteiger partial charge on any atom is 0.320 e. The average Bonchev–Trinajstić information content (AvgIpc) is 3.30. The van der Waals surface area contributed by atoms with E-state index in [1.165, 1.54) is 11.0 Å². The van der Waals surface area contributed by atoms with Crippen LogP contribution in [0.5, 0.6) is 6.01 Å². The molecule has 1 saturated carbocycles. The smallest absolute Gasteiger partial charge is 0.320 e. The summed E-state index contributed by atoms with van der Waals surface area (Å²) < 4.78 is 6.97. The van der Waals surface area contributed by atoms with Crippen LogP contribution in [0.25, 0.3) is 0 Å². The Bertz CT molecular complexity index is 747. The second-order valence-corrected chi connectivity index (χ2v) is 7.31. The van der Waals surface area contributed by atoms with Crippen LogP contribution in [0, 0.1) is 11.8 Å². The molecule has 0 amide bonds. The van der Waals surface area contributed by atoms with Crippen molar-refractivity contribution in [1.29, 1.82) is 0 Å². The highest BCUT2D eigenvalue weighted by molar-refractivity contribution is 7.80. The number of hydrogen-bond donors (Lipinski definition) is 1. The van der Waals surface area contributed by atoms with E-state index in [2.05, 4.69) is 17.0 Å². The lowest BCUT2D eigenvalue weighted by Gasteiger charge is -2.35. The van der Waals surface area contributed by atoms with E-state index in [0.717, 1.165) is 12.8 Å². The van der Waals surface area contributed by atoms with Gasteiger partial charge in [0.05, 0.1) is 6.54 Å². The highest BCUT2D eigenvalue weighted by Gasteiger charge is 2.45. The van der Waals surface area contributed by atoms with Gasteiger partial charge in [0.15, 0.2) is 5.05 Å². The second-order valence-electron chi connectivity index (χ2n) is 6.32. The van der Waals surface area contributed by atoms with Gasteiger partial charge in [0.2, 0.25) is 0 Å². The topological polar surface area (TPSA) is 60.2 Å². The van der Waals surface area contributed by atoms with E-state index in [-0.39, 0.29) is 18.5 Å². The van der Waals surface area contributed by atoms with Crippen molar-refractivity contribution in [3.8, 4) is 6.01 Å². The fraction of sp³-hybridized carbons (Fsp3) is 0.471. The fourth-order valence-corrected chi connectivity index (χ4v) is 3.44. The zero-order chi connectivity index (χ0) is 17.3. The Hall–Kier alpha value is -1.50. The lowest BCUT2D eigenvalue weighted by Crippen LogP contribution is -2.40. The monoisotopic (exact) mass is 365 g/mol. The molecule has 1 aliphatic rings. The molecule has 24 heavy (non-hydrogen) atoms. The second kappa shape index (κ2) is 6.78. The van der Waals surface area contributed by atoms with Crippen LogP contribution < -0.4 is 4.74 Å². The number of rotatable bonds is 6. The zero-order valence-electron chi connectivity index (χ0n) is 13.6. The first-order valence-corrected chi connectivity index (χ1v) is 8.74. The fourth-order valence-electron chi connectivity index (χ4n) is 3.07. The minimum Gasteiger partial charge on any atom is -0.417 e. The number of halogens is 1. The lowest BCUT2D eigenvalue weighted by atomic mass is 9.79. The largest absolute Gasteiger partial charge is 0.417 e. The molecule has 3 rings (SSSR count). The molecule has 7 heteroatoms. The molecule has 2 aromatic rings. The highest BCUT2D eigenvalue weighted by Crippen LogP contribution is 2.48. The van der Waals surface area contributed by atoms with Crippen LogP contribution >= 0.6 is 23.8 Å². The quantitative estimate of drug-likeness (QED) is 0.792. The third-order valence-electron chi connectivity index (χ3n) is 4.63. The normalized spacial score (nSPS) is 18.0. The van der Waals surface area contributed by atoms with Gasteiger partial charge >= 0.3 is 6.01 Å². The van der Waals surface area contributed by atoms with E-state index in [0.29, 0.717) is 21.6 Å². The van der Waals surface area contributed by atoms with Crippen LogP contribution in [0.15, 0.2) is 30.6 Å². The van der Waals surface area contributed by atoms with Gasteiger partial charge in [-0.05, 0) is 43.0 Å². The van der Waals surface area contributed by atoms with Crippen LogP contribution in [-0.4, -0.2) is 24.9 Å². The summed E-state index contributed by atoms with van der Waals surface area (Å²) >= 11 is 11.4. The molecule has 1 heterocycles. The van der Waals surface area contributed by atoms with Crippen molar-refractivity contribution < 1.29 is 9.84 Å². The Kier molecular flexibility index (Phi) is 4.90. The van der Waals surface area contributed by atoms with Crippen molar-refractivity contribution in [2.45, 2.75) is 38.8 Å². The molecule has 2 atom stereocenters. The molecule has 0 saturated heterocycles. The molecule has 1 aromatic heterocycles. The summed E-state index contributed by atoms with van der Waals surface area (Å²) in [6, 6.07) is 7.67. The Morgan fingerprint density at radius 1 is 1.50 bits per heavy atom. The minimum atomic E-state index is -1.17. The Morgan fingerprint density at radius 2 is 2.21 bits per heavy atom. The number of ether oxygens (including phenoxy) is 1. The maximum atomic E-state index is 11.6. The van der Waals surface area contributed by atoms with Crippen molar-refractivity contribution >= 4 is 28.9 Å². The summed E-state index contributed by atoms with van der Waals surface area (Å²) in [7, 11) is 0. The SMILES string of the molecule is CC(=S)Oc1ncnn1C[C@@](O)(c1ccccc1Cl)C(C)C1CC1. The third kappa shape index (κ3) is 3.45. The number of aromatic nitrogens is 3. The van der Waals surface area contributed by atoms with Crippen LogP contribution in [0.1, 0.15) is 32.3 Å². The average molecular weight is 366 g/mol. The predicted molar refractivity (Wildman–Crippen MR) is 96.2 cm³/mol. The van der Waals surface area contributed by atoms with E-state index in [1.54, 1.807) is 13.0 Å². The molecule has 0 bridgehead atoms. The molecule has 5 nitrogen and oxygen atoms in total. The van der Waals surface area contributed by atoms with E-state index in [4.69, 9.17) is 28.6 Å². The van der Waals surface area contributed by atoms with Crippen LogP contribution in [-0.2, 0) is 12.1 Å². The van der Waals surface area contributed by atoms with E-state index in [1.807, 2.05) is 18.2 Å². The molecule has 1 aliphatic carbocycles. The summed E-state index contributed by atoms with van der Waals surface area (Å²) in [6.45, 7) is 3.93. The standard InChI is InChI=1S/C17H20ClN3O2S/c1-11(13-7-8-13)17(22,14-5-3-4-6-15(14)18)9-21-16(19-10-20-21)23-12(2)24/h3-6,10-11,13,22H,7-9H2,1-2H3/t11?,17-/m0/s1. The predicted octanol–water partition coefficient (Wildman–Crippen LogP) is 3.59. The molecular formula is C17H20ClN3O2S. The number of benzene rings is 1. The number of thiocarbonyl (C=S) groups is 1. The molecular weight excluding hydrogens is 346 g/mol.